The Morgan fingerprint density at radius 3 is 2.45 bits per heavy atom. The molecule has 4 rings (SSSR count). The van der Waals surface area contributed by atoms with Crippen molar-refractivity contribution in [3.63, 3.8) is 0 Å². The van der Waals surface area contributed by atoms with E-state index in [1.807, 2.05) is 0 Å². The second kappa shape index (κ2) is 13.7. The number of thiophene rings is 1. The number of rotatable bonds is 10. The van der Waals surface area contributed by atoms with E-state index in [9.17, 15) is 14.0 Å². The molecule has 38 heavy (non-hydrogen) atoms. The lowest BCUT2D eigenvalue weighted by Crippen LogP contribution is -2.58. The van der Waals surface area contributed by atoms with E-state index in [0.29, 0.717) is 42.8 Å². The first-order valence-corrected chi connectivity index (χ1v) is 15.0. The number of halogens is 1. The molecule has 8 heteroatoms. The minimum Gasteiger partial charge on any atom is -0.354 e. The SMILES string of the molecule is CC(C)CN(Cc1cccs1)C1CCN(C(=O)c2ccc(F)cc2)[C@@H](C(=O)NCC2CCC(CN)CC2)C1. The Balaban J connectivity index is 1.49. The van der Waals surface area contributed by atoms with Crippen molar-refractivity contribution in [2.45, 2.75) is 71.0 Å². The van der Waals surface area contributed by atoms with Crippen molar-refractivity contribution in [3.05, 3.63) is 58.0 Å². The summed E-state index contributed by atoms with van der Waals surface area (Å²) in [6.07, 6.45) is 5.79. The summed E-state index contributed by atoms with van der Waals surface area (Å²) in [5.74, 6) is 0.882. The van der Waals surface area contributed by atoms with Crippen molar-refractivity contribution in [3.8, 4) is 0 Å². The van der Waals surface area contributed by atoms with E-state index in [0.717, 1.165) is 51.7 Å². The normalized spacial score (nSPS) is 24.1. The average molecular weight is 543 g/mol. The number of benzene rings is 1. The van der Waals surface area contributed by atoms with Crippen molar-refractivity contribution in [2.24, 2.45) is 23.5 Å². The molecule has 1 saturated heterocycles. The largest absolute Gasteiger partial charge is 0.354 e. The molecule has 0 bridgehead atoms. The smallest absolute Gasteiger partial charge is 0.254 e. The summed E-state index contributed by atoms with van der Waals surface area (Å²) >= 11 is 1.75. The van der Waals surface area contributed by atoms with Crippen molar-refractivity contribution < 1.29 is 14.0 Å². The van der Waals surface area contributed by atoms with Crippen LogP contribution in [0.15, 0.2) is 41.8 Å². The number of amides is 2. The number of likely N-dealkylation sites (tertiary alicyclic amines) is 1. The maximum Gasteiger partial charge on any atom is 0.254 e. The molecule has 2 heterocycles. The molecule has 1 aliphatic heterocycles. The van der Waals surface area contributed by atoms with Crippen LogP contribution in [0.4, 0.5) is 4.39 Å². The number of hydrogen-bond donors (Lipinski definition) is 2. The highest BCUT2D eigenvalue weighted by atomic mass is 32.1. The van der Waals surface area contributed by atoms with Gasteiger partial charge in [-0.3, -0.25) is 14.5 Å². The van der Waals surface area contributed by atoms with E-state index < -0.39 is 6.04 Å². The van der Waals surface area contributed by atoms with Gasteiger partial charge >= 0.3 is 0 Å². The predicted molar refractivity (Wildman–Crippen MR) is 151 cm³/mol. The van der Waals surface area contributed by atoms with E-state index >= 15 is 0 Å². The Kier molecular flexibility index (Phi) is 10.3. The third-order valence-corrected chi connectivity index (χ3v) is 9.01. The van der Waals surface area contributed by atoms with Crippen molar-refractivity contribution in [1.82, 2.24) is 15.1 Å². The fraction of sp³-hybridized carbons (Fsp3) is 0.600. The van der Waals surface area contributed by atoms with Gasteiger partial charge in [0.25, 0.3) is 5.91 Å². The molecule has 1 aliphatic carbocycles. The summed E-state index contributed by atoms with van der Waals surface area (Å²) < 4.78 is 13.5. The van der Waals surface area contributed by atoms with Gasteiger partial charge in [0.15, 0.2) is 0 Å². The topological polar surface area (TPSA) is 78.7 Å². The number of hydrogen-bond acceptors (Lipinski definition) is 5. The molecule has 0 spiro atoms. The van der Waals surface area contributed by atoms with Crippen LogP contribution in [0.1, 0.15) is 67.6 Å². The molecule has 6 nitrogen and oxygen atoms in total. The standard InChI is InChI=1S/C30H43FN4O2S/c1-21(2)19-34(20-27-4-3-15-38-27)26-13-14-35(30(37)24-9-11-25(31)12-10-24)28(16-26)29(36)33-18-23-7-5-22(17-32)6-8-23/h3-4,9-12,15,21-23,26,28H,5-8,13-14,16-20,32H2,1-2H3,(H,33,36)/t22?,23?,26?,28-/m1/s1. The fourth-order valence-electron chi connectivity index (χ4n) is 5.98. The summed E-state index contributed by atoms with van der Waals surface area (Å²) in [5, 5.41) is 5.31. The molecule has 2 atom stereocenters. The monoisotopic (exact) mass is 542 g/mol. The summed E-state index contributed by atoms with van der Waals surface area (Å²) in [6.45, 7) is 8.11. The average Bonchev–Trinajstić information content (AvgIpc) is 3.44. The van der Waals surface area contributed by atoms with Crippen LogP contribution in [0.5, 0.6) is 0 Å². The Labute approximate surface area is 230 Å². The first kappa shape index (κ1) is 28.7. The van der Waals surface area contributed by atoms with E-state index in [1.165, 1.54) is 29.1 Å². The number of carbonyl (C=O) groups is 2. The number of nitrogens with one attached hydrogen (secondary N) is 1. The zero-order valence-electron chi connectivity index (χ0n) is 22.8. The van der Waals surface area contributed by atoms with Crippen LogP contribution in [0.25, 0.3) is 0 Å². The molecular weight excluding hydrogens is 499 g/mol. The highest BCUT2D eigenvalue weighted by Gasteiger charge is 2.39. The van der Waals surface area contributed by atoms with Crippen molar-refractivity contribution in [1.29, 1.82) is 0 Å². The van der Waals surface area contributed by atoms with Gasteiger partial charge in [-0.25, -0.2) is 4.39 Å². The Bertz CT molecular complexity index is 1020. The summed E-state index contributed by atoms with van der Waals surface area (Å²) in [7, 11) is 0. The number of nitrogens with two attached hydrogens (primary N) is 1. The van der Waals surface area contributed by atoms with E-state index in [2.05, 4.69) is 41.6 Å². The molecule has 0 radical (unpaired) electrons. The highest BCUT2D eigenvalue weighted by Crippen LogP contribution is 2.29. The van der Waals surface area contributed by atoms with Gasteiger partial charge in [-0.05, 0) is 98.5 Å². The van der Waals surface area contributed by atoms with E-state index in [1.54, 1.807) is 16.2 Å². The quantitative estimate of drug-likeness (QED) is 0.448. The molecule has 208 valence electrons. The third-order valence-electron chi connectivity index (χ3n) is 8.15. The van der Waals surface area contributed by atoms with Crippen LogP contribution in [-0.2, 0) is 11.3 Å². The minimum absolute atomic E-state index is 0.0771. The molecule has 2 aromatic rings. The Hall–Kier alpha value is -2.29. The Morgan fingerprint density at radius 1 is 1.11 bits per heavy atom. The summed E-state index contributed by atoms with van der Waals surface area (Å²) in [5.41, 5.74) is 6.26. The Morgan fingerprint density at radius 2 is 1.82 bits per heavy atom. The second-order valence-corrected chi connectivity index (χ2v) is 12.5. The van der Waals surface area contributed by atoms with Gasteiger partial charge in [0, 0.05) is 42.7 Å². The minimum atomic E-state index is -0.551. The predicted octanol–water partition coefficient (Wildman–Crippen LogP) is 4.90. The molecule has 2 aliphatic rings. The second-order valence-electron chi connectivity index (χ2n) is 11.5. The van der Waals surface area contributed by atoms with Crippen LogP contribution in [-0.4, -0.2) is 59.9 Å². The van der Waals surface area contributed by atoms with Crippen molar-refractivity contribution >= 4 is 23.2 Å². The van der Waals surface area contributed by atoms with Gasteiger partial charge in [0.2, 0.25) is 5.91 Å². The van der Waals surface area contributed by atoms with Crippen LogP contribution in [0.3, 0.4) is 0 Å². The molecule has 2 amide bonds. The van der Waals surface area contributed by atoms with Gasteiger partial charge in [-0.15, -0.1) is 11.3 Å². The maximum absolute atomic E-state index is 13.7. The number of nitrogens with zero attached hydrogens (tertiary/aromatic N) is 2. The third kappa shape index (κ3) is 7.64. The maximum atomic E-state index is 13.7. The first-order chi connectivity index (χ1) is 18.3. The lowest BCUT2D eigenvalue weighted by molar-refractivity contribution is -0.128. The van der Waals surface area contributed by atoms with Gasteiger partial charge in [0.1, 0.15) is 11.9 Å². The molecule has 1 aromatic heterocycles. The van der Waals surface area contributed by atoms with Crippen LogP contribution in [0, 0.1) is 23.6 Å². The van der Waals surface area contributed by atoms with Crippen LogP contribution >= 0.6 is 11.3 Å². The first-order valence-electron chi connectivity index (χ1n) is 14.1. The zero-order valence-corrected chi connectivity index (χ0v) is 23.6. The number of piperidine rings is 1. The lowest BCUT2D eigenvalue weighted by Gasteiger charge is -2.43. The van der Waals surface area contributed by atoms with Gasteiger partial charge in [-0.1, -0.05) is 19.9 Å². The fourth-order valence-corrected chi connectivity index (χ4v) is 6.71. The molecule has 2 fully saturated rings. The van der Waals surface area contributed by atoms with Gasteiger partial charge in [0.05, 0.1) is 0 Å². The zero-order chi connectivity index (χ0) is 27.1. The van der Waals surface area contributed by atoms with Gasteiger partial charge in [-0.2, -0.15) is 0 Å². The van der Waals surface area contributed by atoms with Crippen LogP contribution in [0.2, 0.25) is 0 Å². The van der Waals surface area contributed by atoms with Crippen molar-refractivity contribution in [2.75, 3.05) is 26.2 Å². The van der Waals surface area contributed by atoms with E-state index in [-0.39, 0.29) is 23.7 Å². The van der Waals surface area contributed by atoms with E-state index in [4.69, 9.17) is 5.73 Å². The van der Waals surface area contributed by atoms with Gasteiger partial charge < -0.3 is 16.0 Å². The molecule has 3 N–H and O–H groups in total. The summed E-state index contributed by atoms with van der Waals surface area (Å²) in [6, 6.07) is 9.52. The molecule has 1 aromatic carbocycles. The lowest BCUT2D eigenvalue weighted by atomic mass is 9.82. The molecule has 1 unspecified atom stereocenters. The summed E-state index contributed by atoms with van der Waals surface area (Å²) in [4.78, 5) is 32.7. The molecule has 1 saturated carbocycles. The van der Waals surface area contributed by atoms with Crippen LogP contribution < -0.4 is 11.1 Å². The number of carbonyl (C=O) groups excluding carboxylic acids is 2. The highest BCUT2D eigenvalue weighted by molar-refractivity contribution is 7.09. The molecular formula is C30H43FN4O2S.